The van der Waals surface area contributed by atoms with Crippen molar-refractivity contribution in [1.82, 2.24) is 0 Å². The third-order valence-corrected chi connectivity index (χ3v) is 2.87. The zero-order chi connectivity index (χ0) is 14.5. The summed E-state index contributed by atoms with van der Waals surface area (Å²) in [7, 11) is 0. The van der Waals surface area contributed by atoms with Gasteiger partial charge in [-0.2, -0.15) is 26.3 Å². The summed E-state index contributed by atoms with van der Waals surface area (Å²) in [6.45, 7) is 2.95. The van der Waals surface area contributed by atoms with E-state index >= 15 is 0 Å². The highest BCUT2D eigenvalue weighted by atomic mass is 19.4. The van der Waals surface area contributed by atoms with E-state index in [1.807, 2.05) is 0 Å². The van der Waals surface area contributed by atoms with Crippen LogP contribution in [-0.4, -0.2) is 0 Å². The lowest BCUT2D eigenvalue weighted by Gasteiger charge is -2.22. The van der Waals surface area contributed by atoms with Crippen molar-refractivity contribution in [3.63, 3.8) is 0 Å². The molecular formula is C11H11F6N. The van der Waals surface area contributed by atoms with Gasteiger partial charge in [0.05, 0.1) is 11.1 Å². The van der Waals surface area contributed by atoms with Crippen LogP contribution in [0.4, 0.5) is 32.0 Å². The Morgan fingerprint density at radius 3 is 1.17 bits per heavy atom. The van der Waals surface area contributed by atoms with Crippen LogP contribution in [0.5, 0.6) is 0 Å². The number of alkyl halides is 6. The number of hydrogen-bond donors (Lipinski definition) is 1. The first kappa shape index (κ1) is 14.7. The first-order valence-electron chi connectivity index (χ1n) is 4.92. The molecule has 0 saturated heterocycles. The Bertz CT molecular complexity index is 443. The molecule has 102 valence electrons. The van der Waals surface area contributed by atoms with Crippen molar-refractivity contribution in [2.24, 2.45) is 0 Å². The number of anilines is 1. The van der Waals surface area contributed by atoms with E-state index in [0.717, 1.165) is 20.8 Å². The van der Waals surface area contributed by atoms with E-state index in [-0.39, 0.29) is 11.1 Å². The van der Waals surface area contributed by atoms with Gasteiger partial charge in [0.1, 0.15) is 0 Å². The van der Waals surface area contributed by atoms with E-state index in [4.69, 9.17) is 5.73 Å². The van der Waals surface area contributed by atoms with E-state index in [2.05, 4.69) is 0 Å². The summed E-state index contributed by atoms with van der Waals surface area (Å²) in [5.41, 5.74) is 0.685. The van der Waals surface area contributed by atoms with Gasteiger partial charge in [-0.1, -0.05) is 0 Å². The van der Waals surface area contributed by atoms with Crippen LogP contribution < -0.4 is 5.73 Å². The standard InChI is InChI=1S/C11H11F6N/c1-4-7(10(12,13)14)5(2)9(18)6(3)8(4)11(15,16)17/h18H2,1-3H3. The van der Waals surface area contributed by atoms with Crippen LogP contribution in [0.1, 0.15) is 27.8 Å². The maximum absolute atomic E-state index is 12.8. The van der Waals surface area contributed by atoms with Crippen molar-refractivity contribution in [2.45, 2.75) is 33.1 Å². The molecule has 7 heteroatoms. The normalized spacial score (nSPS) is 12.9. The highest BCUT2D eigenvalue weighted by molar-refractivity contribution is 5.63. The maximum atomic E-state index is 12.8. The molecule has 0 amide bonds. The number of hydrogen-bond acceptors (Lipinski definition) is 1. The molecule has 0 aliphatic heterocycles. The third-order valence-electron chi connectivity index (χ3n) is 2.87. The van der Waals surface area contributed by atoms with Crippen LogP contribution in [0.25, 0.3) is 0 Å². The van der Waals surface area contributed by atoms with Crippen molar-refractivity contribution < 1.29 is 26.3 Å². The quantitative estimate of drug-likeness (QED) is 0.554. The second kappa shape index (κ2) is 4.07. The largest absolute Gasteiger partial charge is 0.417 e. The fourth-order valence-electron chi connectivity index (χ4n) is 2.09. The highest BCUT2D eigenvalue weighted by Gasteiger charge is 2.42. The molecule has 0 heterocycles. The molecule has 0 aromatic heterocycles. The van der Waals surface area contributed by atoms with Gasteiger partial charge in [0.15, 0.2) is 0 Å². The monoisotopic (exact) mass is 271 g/mol. The molecule has 1 rings (SSSR count). The van der Waals surface area contributed by atoms with Gasteiger partial charge >= 0.3 is 12.4 Å². The topological polar surface area (TPSA) is 26.0 Å². The predicted molar refractivity (Wildman–Crippen MR) is 55.1 cm³/mol. The Balaban J connectivity index is 3.83. The van der Waals surface area contributed by atoms with Crippen LogP contribution in [0.3, 0.4) is 0 Å². The van der Waals surface area contributed by atoms with E-state index in [1.165, 1.54) is 0 Å². The fourth-order valence-corrected chi connectivity index (χ4v) is 2.09. The molecule has 0 spiro atoms. The van der Waals surface area contributed by atoms with E-state index in [9.17, 15) is 26.3 Å². The van der Waals surface area contributed by atoms with E-state index in [0.29, 0.717) is 0 Å². The van der Waals surface area contributed by atoms with Crippen LogP contribution in [0, 0.1) is 20.8 Å². The molecule has 1 aromatic rings. The number of halogens is 6. The predicted octanol–water partition coefficient (Wildman–Crippen LogP) is 4.23. The Morgan fingerprint density at radius 2 is 0.944 bits per heavy atom. The Labute approximate surface area is 99.6 Å². The van der Waals surface area contributed by atoms with Crippen LogP contribution >= 0.6 is 0 Å². The molecule has 0 atom stereocenters. The Morgan fingerprint density at radius 1 is 0.667 bits per heavy atom. The smallest absolute Gasteiger partial charge is 0.398 e. The van der Waals surface area contributed by atoms with Gasteiger partial charge in [0.2, 0.25) is 0 Å². The van der Waals surface area contributed by atoms with Gasteiger partial charge in [-0.3, -0.25) is 0 Å². The zero-order valence-corrected chi connectivity index (χ0v) is 9.85. The van der Waals surface area contributed by atoms with E-state index in [1.54, 1.807) is 0 Å². The van der Waals surface area contributed by atoms with Crippen molar-refractivity contribution >= 4 is 5.69 Å². The van der Waals surface area contributed by atoms with Gasteiger partial charge in [0.25, 0.3) is 0 Å². The van der Waals surface area contributed by atoms with Crippen molar-refractivity contribution in [3.05, 3.63) is 27.8 Å². The van der Waals surface area contributed by atoms with Gasteiger partial charge < -0.3 is 5.73 Å². The van der Waals surface area contributed by atoms with Gasteiger partial charge in [-0.25, -0.2) is 0 Å². The second-order valence-corrected chi connectivity index (χ2v) is 4.03. The zero-order valence-electron chi connectivity index (χ0n) is 9.85. The minimum Gasteiger partial charge on any atom is -0.398 e. The van der Waals surface area contributed by atoms with E-state index < -0.39 is 34.7 Å². The van der Waals surface area contributed by atoms with Crippen molar-refractivity contribution in [3.8, 4) is 0 Å². The third kappa shape index (κ3) is 2.26. The van der Waals surface area contributed by atoms with Gasteiger partial charge in [-0.05, 0) is 37.5 Å². The minimum absolute atomic E-state index is 0.370. The average Bonchev–Trinajstić information content (AvgIpc) is 2.09. The molecule has 0 saturated carbocycles. The molecule has 2 N–H and O–H groups in total. The maximum Gasteiger partial charge on any atom is 0.417 e. The summed E-state index contributed by atoms with van der Waals surface area (Å²) in [6, 6.07) is 0. The lowest BCUT2D eigenvalue weighted by atomic mass is 9.91. The van der Waals surface area contributed by atoms with Crippen molar-refractivity contribution in [2.75, 3.05) is 5.73 Å². The molecule has 0 bridgehead atoms. The summed E-state index contributed by atoms with van der Waals surface area (Å²) in [5, 5.41) is 0. The minimum atomic E-state index is -4.87. The lowest BCUT2D eigenvalue weighted by molar-refractivity contribution is -0.144. The molecule has 0 unspecified atom stereocenters. The molecule has 0 aliphatic rings. The number of rotatable bonds is 0. The SMILES string of the molecule is Cc1c(N)c(C)c(C(F)(F)F)c(C)c1C(F)(F)F. The van der Waals surface area contributed by atoms with Crippen LogP contribution in [-0.2, 0) is 12.4 Å². The lowest BCUT2D eigenvalue weighted by Crippen LogP contribution is -2.19. The van der Waals surface area contributed by atoms with Crippen molar-refractivity contribution in [1.29, 1.82) is 0 Å². The van der Waals surface area contributed by atoms with Crippen LogP contribution in [0.2, 0.25) is 0 Å². The molecule has 1 nitrogen and oxygen atoms in total. The molecule has 0 radical (unpaired) electrons. The van der Waals surface area contributed by atoms with Crippen LogP contribution in [0.15, 0.2) is 0 Å². The van der Waals surface area contributed by atoms with Gasteiger partial charge in [-0.15, -0.1) is 0 Å². The molecule has 0 fully saturated rings. The Kier molecular flexibility index (Phi) is 3.31. The average molecular weight is 271 g/mol. The summed E-state index contributed by atoms with van der Waals surface area (Å²) < 4.78 is 76.6. The van der Waals surface area contributed by atoms with Gasteiger partial charge in [0, 0.05) is 5.69 Å². The highest BCUT2D eigenvalue weighted by Crippen LogP contribution is 2.44. The fraction of sp³-hybridized carbons (Fsp3) is 0.455. The summed E-state index contributed by atoms with van der Waals surface area (Å²) in [6.07, 6.45) is -9.73. The molecule has 18 heavy (non-hydrogen) atoms. The molecule has 0 aliphatic carbocycles. The molecule has 1 aromatic carbocycles. The first-order valence-corrected chi connectivity index (χ1v) is 4.92. The summed E-state index contributed by atoms with van der Waals surface area (Å²) >= 11 is 0. The molecular weight excluding hydrogens is 260 g/mol. The first-order chi connectivity index (χ1) is 7.89. The summed E-state index contributed by atoms with van der Waals surface area (Å²) in [4.78, 5) is 0. The number of benzene rings is 1. The number of nitrogen functional groups attached to an aromatic ring is 1. The Hall–Kier alpha value is -1.40. The second-order valence-electron chi connectivity index (χ2n) is 4.03. The summed E-state index contributed by atoms with van der Waals surface area (Å²) in [5.74, 6) is 0. The number of nitrogens with two attached hydrogens (primary N) is 1.